The molecule has 0 aliphatic carbocycles. The first-order valence-electron chi connectivity index (χ1n) is 8.53. The number of benzene rings is 1. The van der Waals surface area contributed by atoms with E-state index < -0.39 is 0 Å². The molecule has 1 fully saturated rings. The van der Waals surface area contributed by atoms with E-state index in [1.54, 1.807) is 13.3 Å². The first-order valence-corrected chi connectivity index (χ1v) is 8.53. The smallest absolute Gasteiger partial charge is 0.146 e. The molecule has 0 unspecified atom stereocenters. The van der Waals surface area contributed by atoms with E-state index in [0.29, 0.717) is 5.56 Å². The Kier molecular flexibility index (Phi) is 5.32. The van der Waals surface area contributed by atoms with Crippen molar-refractivity contribution in [2.24, 2.45) is 5.92 Å². The number of anilines is 1. The molecule has 1 aromatic heterocycles. The molecule has 0 radical (unpaired) electrons. The molecule has 2 aromatic rings. The number of nitrogens with zero attached hydrogens (tertiary/aromatic N) is 3. The van der Waals surface area contributed by atoms with Gasteiger partial charge in [0.25, 0.3) is 0 Å². The molecule has 4 heteroatoms. The fourth-order valence-corrected chi connectivity index (χ4v) is 3.33. The highest BCUT2D eigenvalue weighted by Gasteiger charge is 2.21. The summed E-state index contributed by atoms with van der Waals surface area (Å²) in [6.07, 6.45) is 6.43. The maximum atomic E-state index is 9.22. The second kappa shape index (κ2) is 7.83. The van der Waals surface area contributed by atoms with Crippen LogP contribution in [0.5, 0.6) is 5.75 Å². The van der Waals surface area contributed by atoms with E-state index >= 15 is 0 Å². The van der Waals surface area contributed by atoms with Crippen molar-refractivity contribution in [3.63, 3.8) is 0 Å². The number of hydrogen-bond acceptors (Lipinski definition) is 4. The number of rotatable bonds is 5. The zero-order valence-corrected chi connectivity index (χ0v) is 14.1. The van der Waals surface area contributed by atoms with Gasteiger partial charge in [-0.2, -0.15) is 5.26 Å². The summed E-state index contributed by atoms with van der Waals surface area (Å²) in [5.41, 5.74) is 2.05. The molecule has 3 rings (SSSR count). The fourth-order valence-electron chi connectivity index (χ4n) is 3.33. The van der Waals surface area contributed by atoms with Crippen LogP contribution in [-0.4, -0.2) is 25.2 Å². The first-order chi connectivity index (χ1) is 11.8. The summed E-state index contributed by atoms with van der Waals surface area (Å²) < 4.78 is 5.20. The third-order valence-electron chi connectivity index (χ3n) is 4.82. The highest BCUT2D eigenvalue weighted by atomic mass is 16.5. The van der Waals surface area contributed by atoms with Crippen LogP contribution >= 0.6 is 0 Å². The van der Waals surface area contributed by atoms with Crippen molar-refractivity contribution >= 4 is 5.82 Å². The van der Waals surface area contributed by atoms with Gasteiger partial charge in [0, 0.05) is 19.3 Å². The largest absolute Gasteiger partial charge is 0.497 e. The van der Waals surface area contributed by atoms with Crippen LogP contribution in [0.3, 0.4) is 0 Å². The van der Waals surface area contributed by atoms with Crippen LogP contribution in [-0.2, 0) is 6.42 Å². The minimum absolute atomic E-state index is 0.675. The molecule has 1 saturated heterocycles. The molecule has 0 saturated carbocycles. The maximum Gasteiger partial charge on any atom is 0.146 e. The molecule has 0 bridgehead atoms. The second-order valence-electron chi connectivity index (χ2n) is 6.30. The van der Waals surface area contributed by atoms with E-state index in [9.17, 15) is 5.26 Å². The molecule has 1 aliphatic heterocycles. The Labute approximate surface area is 143 Å². The topological polar surface area (TPSA) is 49.1 Å². The third-order valence-corrected chi connectivity index (χ3v) is 4.82. The highest BCUT2D eigenvalue weighted by molar-refractivity contribution is 5.53. The van der Waals surface area contributed by atoms with Crippen LogP contribution in [0.1, 0.15) is 30.4 Å². The molecule has 124 valence electrons. The number of hydrogen-bond donors (Lipinski definition) is 0. The third kappa shape index (κ3) is 3.86. The summed E-state index contributed by atoms with van der Waals surface area (Å²) in [5, 5.41) is 9.22. The summed E-state index contributed by atoms with van der Waals surface area (Å²) >= 11 is 0. The van der Waals surface area contributed by atoms with E-state index in [-0.39, 0.29) is 0 Å². The highest BCUT2D eigenvalue weighted by Crippen LogP contribution is 2.27. The Morgan fingerprint density at radius 1 is 1.21 bits per heavy atom. The predicted molar refractivity (Wildman–Crippen MR) is 95.2 cm³/mol. The molecule has 0 spiro atoms. The van der Waals surface area contributed by atoms with E-state index in [0.717, 1.165) is 49.8 Å². The Bertz CT molecular complexity index is 698. The van der Waals surface area contributed by atoms with Gasteiger partial charge in [-0.15, -0.1) is 0 Å². The van der Waals surface area contributed by atoms with Crippen LogP contribution in [0.25, 0.3) is 0 Å². The Hall–Kier alpha value is -2.54. The zero-order valence-electron chi connectivity index (χ0n) is 14.1. The molecular formula is C20H23N3O. The van der Waals surface area contributed by atoms with Crippen molar-refractivity contribution < 1.29 is 4.74 Å². The average Bonchev–Trinajstić information content (AvgIpc) is 2.67. The average molecular weight is 321 g/mol. The van der Waals surface area contributed by atoms with Crippen LogP contribution in [0.15, 0.2) is 42.6 Å². The van der Waals surface area contributed by atoms with Gasteiger partial charge in [0.15, 0.2) is 0 Å². The van der Waals surface area contributed by atoms with E-state index in [1.165, 1.54) is 12.0 Å². The molecule has 0 atom stereocenters. The second-order valence-corrected chi connectivity index (χ2v) is 6.30. The van der Waals surface area contributed by atoms with Crippen LogP contribution in [0.2, 0.25) is 0 Å². The quantitative estimate of drug-likeness (QED) is 0.840. The van der Waals surface area contributed by atoms with Gasteiger partial charge in [0.1, 0.15) is 17.6 Å². The van der Waals surface area contributed by atoms with E-state index in [1.807, 2.05) is 24.3 Å². The molecule has 2 heterocycles. The lowest BCUT2D eigenvalue weighted by Crippen LogP contribution is -2.34. The number of ether oxygens (including phenoxy) is 1. The summed E-state index contributed by atoms with van der Waals surface area (Å²) in [6.45, 7) is 1.97. The van der Waals surface area contributed by atoms with Gasteiger partial charge in [-0.25, -0.2) is 4.98 Å². The molecule has 0 N–H and O–H groups in total. The van der Waals surface area contributed by atoms with Crippen LogP contribution in [0, 0.1) is 17.2 Å². The normalized spacial score (nSPS) is 15.1. The maximum absolute atomic E-state index is 9.22. The number of nitriles is 1. The Morgan fingerprint density at radius 3 is 2.62 bits per heavy atom. The summed E-state index contributed by atoms with van der Waals surface area (Å²) in [5.74, 6) is 2.50. The van der Waals surface area contributed by atoms with Crippen molar-refractivity contribution in [3.8, 4) is 11.8 Å². The van der Waals surface area contributed by atoms with Crippen molar-refractivity contribution in [3.05, 3.63) is 53.7 Å². The Balaban J connectivity index is 1.51. The summed E-state index contributed by atoms with van der Waals surface area (Å²) in [4.78, 5) is 6.65. The minimum atomic E-state index is 0.675. The Morgan fingerprint density at radius 2 is 1.96 bits per heavy atom. The van der Waals surface area contributed by atoms with Gasteiger partial charge in [-0.05, 0) is 61.4 Å². The van der Waals surface area contributed by atoms with E-state index in [4.69, 9.17) is 4.74 Å². The number of methoxy groups -OCH3 is 1. The van der Waals surface area contributed by atoms with Gasteiger partial charge in [-0.1, -0.05) is 12.1 Å². The lowest BCUT2D eigenvalue weighted by Gasteiger charge is -2.33. The van der Waals surface area contributed by atoms with Crippen LogP contribution < -0.4 is 9.64 Å². The number of piperidine rings is 1. The van der Waals surface area contributed by atoms with Gasteiger partial charge in [-0.3, -0.25) is 0 Å². The summed E-state index contributed by atoms with van der Waals surface area (Å²) in [7, 11) is 1.70. The number of pyridine rings is 1. The van der Waals surface area contributed by atoms with Gasteiger partial charge in [0.2, 0.25) is 0 Å². The van der Waals surface area contributed by atoms with Crippen molar-refractivity contribution in [1.82, 2.24) is 4.98 Å². The van der Waals surface area contributed by atoms with Crippen LogP contribution in [0.4, 0.5) is 5.82 Å². The summed E-state index contributed by atoms with van der Waals surface area (Å²) in [6, 6.07) is 14.3. The molecular weight excluding hydrogens is 298 g/mol. The minimum Gasteiger partial charge on any atom is -0.497 e. The monoisotopic (exact) mass is 321 g/mol. The number of aromatic nitrogens is 1. The lowest BCUT2D eigenvalue weighted by atomic mass is 9.90. The van der Waals surface area contributed by atoms with Crippen molar-refractivity contribution in [1.29, 1.82) is 5.26 Å². The zero-order chi connectivity index (χ0) is 16.8. The number of aryl methyl sites for hydroxylation is 1. The molecule has 24 heavy (non-hydrogen) atoms. The fraction of sp³-hybridized carbons (Fsp3) is 0.400. The first kappa shape index (κ1) is 16.3. The molecule has 0 amide bonds. The molecule has 1 aromatic carbocycles. The van der Waals surface area contributed by atoms with Gasteiger partial charge >= 0.3 is 0 Å². The van der Waals surface area contributed by atoms with Crippen molar-refractivity contribution in [2.45, 2.75) is 25.7 Å². The molecule has 1 aliphatic rings. The van der Waals surface area contributed by atoms with Gasteiger partial charge < -0.3 is 9.64 Å². The predicted octanol–water partition coefficient (Wildman–Crippen LogP) is 3.81. The standard InChI is InChI=1S/C20H23N3O/c1-24-19-8-6-16(7-9-19)4-5-17-10-13-23(14-11-17)20-18(15-21)3-2-12-22-20/h2-3,6-9,12,17H,4-5,10-11,13-14H2,1H3. The molecule has 4 nitrogen and oxygen atoms in total. The lowest BCUT2D eigenvalue weighted by molar-refractivity contribution is 0.380. The van der Waals surface area contributed by atoms with Crippen molar-refractivity contribution in [2.75, 3.05) is 25.1 Å². The SMILES string of the molecule is COc1ccc(CCC2CCN(c3ncccc3C#N)CC2)cc1. The van der Waals surface area contributed by atoms with Gasteiger partial charge in [0.05, 0.1) is 12.7 Å². The van der Waals surface area contributed by atoms with E-state index in [2.05, 4.69) is 28.1 Å².